The van der Waals surface area contributed by atoms with Crippen LogP contribution in [0.4, 0.5) is 0 Å². The van der Waals surface area contributed by atoms with E-state index in [1.807, 2.05) is 0 Å². The highest BCUT2D eigenvalue weighted by molar-refractivity contribution is 7.89. The molecule has 0 saturated carbocycles. The number of halogens is 3. The number of carbonyl (C=O) groups excluding carboxylic acids is 1. The van der Waals surface area contributed by atoms with Crippen LogP contribution in [0.3, 0.4) is 0 Å². The number of rotatable bonds is 4. The zero-order valence-corrected chi connectivity index (χ0v) is 14.5. The molecule has 0 saturated heterocycles. The average Bonchev–Trinajstić information content (AvgIpc) is 2.45. The number of sulfonamides is 1. The monoisotopic (exact) mass is 393 g/mol. The van der Waals surface area contributed by atoms with Crippen molar-refractivity contribution in [3.63, 3.8) is 0 Å². The van der Waals surface area contributed by atoms with Gasteiger partial charge in [0.15, 0.2) is 0 Å². The van der Waals surface area contributed by atoms with E-state index < -0.39 is 20.9 Å². The Morgan fingerprint density at radius 3 is 2.22 bits per heavy atom. The highest BCUT2D eigenvalue weighted by Crippen LogP contribution is 2.28. The molecule has 0 radical (unpaired) electrons. The van der Waals surface area contributed by atoms with E-state index in [0.717, 1.165) is 12.1 Å². The van der Waals surface area contributed by atoms with Gasteiger partial charge in [-0.05, 0) is 29.8 Å². The van der Waals surface area contributed by atoms with E-state index in [1.165, 1.54) is 0 Å². The molecule has 0 fully saturated rings. The normalized spacial score (nSPS) is 11.3. The van der Waals surface area contributed by atoms with Gasteiger partial charge in [-0.2, -0.15) is 0 Å². The summed E-state index contributed by atoms with van der Waals surface area (Å²) in [6.07, 6.45) is 0. The molecule has 2 N–H and O–H groups in total. The molecule has 9 heteroatoms. The van der Waals surface area contributed by atoms with Gasteiger partial charge in [-0.1, -0.05) is 46.9 Å². The number of hydrogen-bond acceptors (Lipinski definition) is 4. The van der Waals surface area contributed by atoms with Crippen LogP contribution in [-0.2, 0) is 21.4 Å². The van der Waals surface area contributed by atoms with Gasteiger partial charge in [0.25, 0.3) is 0 Å². The lowest BCUT2D eigenvalue weighted by Crippen LogP contribution is -2.15. The molecule has 0 heterocycles. The maximum absolute atomic E-state index is 12.1. The van der Waals surface area contributed by atoms with Crippen LogP contribution in [0.15, 0.2) is 41.3 Å². The summed E-state index contributed by atoms with van der Waals surface area (Å²) in [5.41, 5.74) is 0.563. The van der Waals surface area contributed by atoms with Gasteiger partial charge in [0.1, 0.15) is 11.5 Å². The molecule has 2 aromatic rings. The van der Waals surface area contributed by atoms with Gasteiger partial charge >= 0.3 is 5.97 Å². The third kappa shape index (κ3) is 4.59. The maximum atomic E-state index is 12.1. The van der Waals surface area contributed by atoms with Crippen LogP contribution < -0.4 is 5.14 Å². The van der Waals surface area contributed by atoms with E-state index >= 15 is 0 Å². The summed E-state index contributed by atoms with van der Waals surface area (Å²) >= 11 is 17.4. The van der Waals surface area contributed by atoms with Crippen LogP contribution in [0.2, 0.25) is 15.1 Å². The lowest BCUT2D eigenvalue weighted by Gasteiger charge is -2.09. The number of nitrogens with two attached hydrogens (primary N) is 1. The Labute approximate surface area is 148 Å². The summed E-state index contributed by atoms with van der Waals surface area (Å²) in [5.74, 6) is -0.800. The highest BCUT2D eigenvalue weighted by atomic mass is 35.5. The molecule has 2 rings (SSSR count). The van der Waals surface area contributed by atoms with Crippen molar-refractivity contribution in [1.29, 1.82) is 0 Å². The second-order valence-corrected chi connectivity index (χ2v) is 7.29. The first-order valence-electron chi connectivity index (χ1n) is 6.12. The summed E-state index contributed by atoms with van der Waals surface area (Å²) in [6, 6.07) is 8.80. The van der Waals surface area contributed by atoms with E-state index in [1.54, 1.807) is 24.3 Å². The predicted octanol–water partition coefficient (Wildman–Crippen LogP) is 3.65. The summed E-state index contributed by atoms with van der Waals surface area (Å²) < 4.78 is 28.0. The van der Waals surface area contributed by atoms with Crippen LogP contribution in [0.5, 0.6) is 0 Å². The van der Waals surface area contributed by atoms with Gasteiger partial charge < -0.3 is 4.74 Å². The van der Waals surface area contributed by atoms with Crippen molar-refractivity contribution in [3.8, 4) is 0 Å². The van der Waals surface area contributed by atoms with E-state index in [-0.39, 0.29) is 22.2 Å². The Bertz CT molecular complexity index is 851. The van der Waals surface area contributed by atoms with E-state index in [2.05, 4.69) is 0 Å². The molecule has 122 valence electrons. The van der Waals surface area contributed by atoms with Crippen molar-refractivity contribution < 1.29 is 17.9 Å². The number of ether oxygens (including phenoxy) is 1. The number of primary sulfonamides is 1. The van der Waals surface area contributed by atoms with Crippen LogP contribution in [-0.4, -0.2) is 14.4 Å². The quantitative estimate of drug-likeness (QED) is 0.802. The van der Waals surface area contributed by atoms with Crippen molar-refractivity contribution in [2.45, 2.75) is 11.5 Å². The molecule has 0 aliphatic carbocycles. The Balaban J connectivity index is 2.23. The standard InChI is InChI=1S/C14H10Cl3NO4S/c15-9-3-1-8(2-4-9)7-22-14(19)10-5-13(23(18,20)21)12(17)6-11(10)16/h1-6H,7H2,(H2,18,20,21). The summed E-state index contributed by atoms with van der Waals surface area (Å²) in [6.45, 7) is -0.0281. The Morgan fingerprint density at radius 1 is 1.04 bits per heavy atom. The summed E-state index contributed by atoms with van der Waals surface area (Å²) in [5, 5.41) is 5.38. The van der Waals surface area contributed by atoms with Crippen molar-refractivity contribution in [2.24, 2.45) is 5.14 Å². The van der Waals surface area contributed by atoms with Crippen molar-refractivity contribution >= 4 is 50.8 Å². The van der Waals surface area contributed by atoms with E-state index in [0.29, 0.717) is 10.6 Å². The van der Waals surface area contributed by atoms with E-state index in [4.69, 9.17) is 44.7 Å². The number of benzene rings is 2. The van der Waals surface area contributed by atoms with Crippen LogP contribution >= 0.6 is 34.8 Å². The minimum absolute atomic E-state index is 0.0281. The number of esters is 1. The van der Waals surface area contributed by atoms with Crippen molar-refractivity contribution in [3.05, 3.63) is 62.6 Å². The molecular weight excluding hydrogens is 385 g/mol. The topological polar surface area (TPSA) is 86.5 Å². The molecule has 0 aliphatic heterocycles. The molecule has 0 unspecified atom stereocenters. The predicted molar refractivity (Wildman–Crippen MR) is 88.4 cm³/mol. The third-order valence-corrected chi connectivity index (χ3v) is 4.77. The van der Waals surface area contributed by atoms with Gasteiger partial charge in [-0.25, -0.2) is 18.4 Å². The van der Waals surface area contributed by atoms with Gasteiger partial charge in [0.05, 0.1) is 15.6 Å². The van der Waals surface area contributed by atoms with Crippen LogP contribution in [0.25, 0.3) is 0 Å². The Kier molecular flexibility index (Phi) is 5.54. The van der Waals surface area contributed by atoms with Crippen LogP contribution in [0.1, 0.15) is 15.9 Å². The van der Waals surface area contributed by atoms with Crippen LogP contribution in [0, 0.1) is 0 Å². The minimum atomic E-state index is -4.09. The van der Waals surface area contributed by atoms with Crippen molar-refractivity contribution in [1.82, 2.24) is 0 Å². The fourth-order valence-electron chi connectivity index (χ4n) is 1.71. The first kappa shape index (κ1) is 18.0. The molecule has 0 aliphatic rings. The molecule has 0 amide bonds. The van der Waals surface area contributed by atoms with E-state index in [9.17, 15) is 13.2 Å². The summed E-state index contributed by atoms with van der Waals surface area (Å²) in [4.78, 5) is 11.7. The first-order valence-corrected chi connectivity index (χ1v) is 8.80. The lowest BCUT2D eigenvalue weighted by atomic mass is 10.2. The second-order valence-electron chi connectivity index (χ2n) is 4.51. The smallest absolute Gasteiger partial charge is 0.340 e. The first-order chi connectivity index (χ1) is 10.7. The Morgan fingerprint density at radius 2 is 1.65 bits per heavy atom. The number of carbonyl (C=O) groups is 1. The molecule has 23 heavy (non-hydrogen) atoms. The molecule has 0 aromatic heterocycles. The summed E-state index contributed by atoms with van der Waals surface area (Å²) in [7, 11) is -4.09. The largest absolute Gasteiger partial charge is 0.457 e. The van der Waals surface area contributed by atoms with Gasteiger partial charge in [-0.3, -0.25) is 0 Å². The zero-order chi connectivity index (χ0) is 17.2. The fourth-order valence-corrected chi connectivity index (χ4v) is 3.23. The number of hydrogen-bond donors (Lipinski definition) is 1. The van der Waals surface area contributed by atoms with Crippen molar-refractivity contribution in [2.75, 3.05) is 0 Å². The maximum Gasteiger partial charge on any atom is 0.340 e. The molecule has 0 bridgehead atoms. The lowest BCUT2D eigenvalue weighted by molar-refractivity contribution is 0.0472. The van der Waals surface area contributed by atoms with Gasteiger partial charge in [0.2, 0.25) is 10.0 Å². The zero-order valence-electron chi connectivity index (χ0n) is 11.4. The average molecular weight is 395 g/mol. The molecule has 2 aromatic carbocycles. The molecule has 0 spiro atoms. The minimum Gasteiger partial charge on any atom is -0.457 e. The second kappa shape index (κ2) is 7.07. The SMILES string of the molecule is NS(=O)(=O)c1cc(C(=O)OCc2ccc(Cl)cc2)c(Cl)cc1Cl. The van der Waals surface area contributed by atoms with Gasteiger partial charge in [0, 0.05) is 5.02 Å². The van der Waals surface area contributed by atoms with Gasteiger partial charge in [-0.15, -0.1) is 0 Å². The highest BCUT2D eigenvalue weighted by Gasteiger charge is 2.20. The molecular formula is C14H10Cl3NO4S. The molecule has 0 atom stereocenters. The third-order valence-electron chi connectivity index (χ3n) is 2.83. The Hall–Kier alpha value is -1.31. The fraction of sp³-hybridized carbons (Fsp3) is 0.0714. The molecule has 5 nitrogen and oxygen atoms in total.